The molecule has 27 heavy (non-hydrogen) atoms. The number of benzene rings is 3. The summed E-state index contributed by atoms with van der Waals surface area (Å²) in [4.78, 5) is 11.6. The Morgan fingerprint density at radius 3 is 2.15 bits per heavy atom. The number of hydrogen-bond donors (Lipinski definition) is 1. The van der Waals surface area contributed by atoms with Gasteiger partial charge in [0.1, 0.15) is 17.9 Å². The Hall–Kier alpha value is -3.28. The minimum Gasteiger partial charge on any atom is -0.487 e. The van der Waals surface area contributed by atoms with Crippen LogP contribution in [0.2, 0.25) is 0 Å². The highest BCUT2D eigenvalue weighted by Gasteiger charge is 2.30. The van der Waals surface area contributed by atoms with Crippen LogP contribution in [0.5, 0.6) is 5.75 Å². The predicted molar refractivity (Wildman–Crippen MR) is 94.6 cm³/mol. The highest BCUT2D eigenvalue weighted by Crippen LogP contribution is 2.36. The van der Waals surface area contributed by atoms with Gasteiger partial charge in [-0.2, -0.15) is 13.2 Å². The lowest BCUT2D eigenvalue weighted by atomic mass is 10.00. The van der Waals surface area contributed by atoms with Gasteiger partial charge in [-0.1, -0.05) is 54.6 Å². The van der Waals surface area contributed by atoms with Crippen LogP contribution >= 0.6 is 0 Å². The van der Waals surface area contributed by atoms with Gasteiger partial charge in [-0.25, -0.2) is 4.79 Å². The van der Waals surface area contributed by atoms with E-state index >= 15 is 0 Å². The molecular weight excluding hydrogens is 357 g/mol. The number of carboxylic acids is 1. The summed E-state index contributed by atoms with van der Waals surface area (Å²) in [6.07, 6.45) is -4.44. The molecule has 0 amide bonds. The van der Waals surface area contributed by atoms with E-state index in [1.54, 1.807) is 6.07 Å². The van der Waals surface area contributed by atoms with Gasteiger partial charge in [0, 0.05) is 5.56 Å². The van der Waals surface area contributed by atoms with Crippen LogP contribution in [-0.4, -0.2) is 11.1 Å². The largest absolute Gasteiger partial charge is 0.487 e. The molecule has 0 heterocycles. The van der Waals surface area contributed by atoms with Crippen molar-refractivity contribution in [2.24, 2.45) is 0 Å². The van der Waals surface area contributed by atoms with E-state index < -0.39 is 17.7 Å². The predicted octanol–water partition coefficient (Wildman–Crippen LogP) is 5.65. The summed E-state index contributed by atoms with van der Waals surface area (Å²) in [5.74, 6) is -1.06. The van der Waals surface area contributed by atoms with Gasteiger partial charge in [0.2, 0.25) is 0 Å². The fraction of sp³-hybridized carbons (Fsp3) is 0.0952. The van der Waals surface area contributed by atoms with Crippen LogP contribution in [0.15, 0.2) is 72.8 Å². The molecule has 3 rings (SSSR count). The number of rotatable bonds is 5. The minimum absolute atomic E-state index is 0.0525. The van der Waals surface area contributed by atoms with Crippen molar-refractivity contribution in [1.82, 2.24) is 0 Å². The summed E-state index contributed by atoms with van der Waals surface area (Å²) in [5, 5.41) is 9.46. The van der Waals surface area contributed by atoms with E-state index in [1.165, 1.54) is 24.3 Å². The van der Waals surface area contributed by atoms with Crippen molar-refractivity contribution in [1.29, 1.82) is 0 Å². The molecule has 0 unspecified atom stereocenters. The van der Waals surface area contributed by atoms with Crippen LogP contribution in [0.25, 0.3) is 11.1 Å². The number of hydrogen-bond acceptors (Lipinski definition) is 2. The van der Waals surface area contributed by atoms with Gasteiger partial charge in [-0.15, -0.1) is 0 Å². The third-order valence-corrected chi connectivity index (χ3v) is 3.99. The average Bonchev–Trinajstić information content (AvgIpc) is 2.66. The number of halogens is 3. The van der Waals surface area contributed by atoms with Crippen LogP contribution in [0.3, 0.4) is 0 Å². The molecule has 0 aromatic heterocycles. The Labute approximate surface area is 153 Å². The molecule has 0 spiro atoms. The molecule has 0 saturated carbocycles. The summed E-state index contributed by atoms with van der Waals surface area (Å²) >= 11 is 0. The third-order valence-electron chi connectivity index (χ3n) is 3.99. The van der Waals surface area contributed by atoms with Crippen molar-refractivity contribution in [3.63, 3.8) is 0 Å². The molecule has 3 aromatic carbocycles. The standard InChI is InChI=1S/C21H15F3O3/c22-21(23,24)16-11-9-15(10-12-16)17-7-4-8-18(20(25)26)19(17)27-13-14-5-2-1-3-6-14/h1-12H,13H2,(H,25,26). The molecule has 138 valence electrons. The van der Waals surface area contributed by atoms with Gasteiger partial charge in [0.25, 0.3) is 0 Å². The molecular formula is C21H15F3O3. The first-order valence-corrected chi connectivity index (χ1v) is 8.07. The second-order valence-electron chi connectivity index (χ2n) is 5.84. The Morgan fingerprint density at radius 2 is 1.56 bits per heavy atom. The summed E-state index contributed by atoms with van der Waals surface area (Å²) < 4.78 is 44.1. The first-order chi connectivity index (χ1) is 12.9. The van der Waals surface area contributed by atoms with Crippen LogP contribution in [0.1, 0.15) is 21.5 Å². The van der Waals surface area contributed by atoms with Crippen LogP contribution in [0, 0.1) is 0 Å². The molecule has 0 radical (unpaired) electrons. The molecule has 6 heteroatoms. The van der Waals surface area contributed by atoms with Crippen molar-refractivity contribution in [3.05, 3.63) is 89.5 Å². The van der Waals surface area contributed by atoms with Crippen molar-refractivity contribution in [2.45, 2.75) is 12.8 Å². The Morgan fingerprint density at radius 1 is 0.889 bits per heavy atom. The van der Waals surface area contributed by atoms with E-state index in [0.29, 0.717) is 11.1 Å². The number of ether oxygens (including phenoxy) is 1. The third kappa shape index (κ3) is 4.28. The number of carboxylic acid groups (broad SMARTS) is 1. The maximum Gasteiger partial charge on any atom is 0.416 e. The van der Waals surface area contributed by atoms with E-state index in [-0.39, 0.29) is 17.9 Å². The smallest absolute Gasteiger partial charge is 0.416 e. The van der Waals surface area contributed by atoms with Crippen LogP contribution in [0.4, 0.5) is 13.2 Å². The van der Waals surface area contributed by atoms with Crippen molar-refractivity contribution < 1.29 is 27.8 Å². The number of carbonyl (C=O) groups is 1. The molecule has 0 aliphatic heterocycles. The van der Waals surface area contributed by atoms with E-state index in [9.17, 15) is 23.1 Å². The van der Waals surface area contributed by atoms with Crippen LogP contribution < -0.4 is 4.74 Å². The van der Waals surface area contributed by atoms with Gasteiger partial charge in [-0.3, -0.25) is 0 Å². The first kappa shape index (κ1) is 18.5. The molecule has 3 aromatic rings. The monoisotopic (exact) mass is 372 g/mol. The van der Waals surface area contributed by atoms with Crippen molar-refractivity contribution >= 4 is 5.97 Å². The Kier molecular flexibility index (Phi) is 5.16. The highest BCUT2D eigenvalue weighted by atomic mass is 19.4. The minimum atomic E-state index is -4.44. The summed E-state index contributed by atoms with van der Waals surface area (Å²) in [6.45, 7) is 0.138. The topological polar surface area (TPSA) is 46.5 Å². The molecule has 0 bridgehead atoms. The molecule has 0 atom stereocenters. The lowest BCUT2D eigenvalue weighted by molar-refractivity contribution is -0.137. The van der Waals surface area contributed by atoms with Crippen molar-refractivity contribution in [3.8, 4) is 16.9 Å². The van der Waals surface area contributed by atoms with E-state index in [2.05, 4.69) is 0 Å². The zero-order valence-electron chi connectivity index (χ0n) is 14.0. The molecule has 0 saturated heterocycles. The van der Waals surface area contributed by atoms with Crippen LogP contribution in [-0.2, 0) is 12.8 Å². The molecule has 0 aliphatic carbocycles. The van der Waals surface area contributed by atoms with E-state index in [0.717, 1.165) is 17.7 Å². The first-order valence-electron chi connectivity index (χ1n) is 8.07. The number of aromatic carboxylic acids is 1. The zero-order chi connectivity index (χ0) is 19.4. The maximum absolute atomic E-state index is 12.8. The van der Waals surface area contributed by atoms with E-state index in [1.807, 2.05) is 30.3 Å². The van der Waals surface area contributed by atoms with Gasteiger partial charge < -0.3 is 9.84 Å². The lowest BCUT2D eigenvalue weighted by Gasteiger charge is -2.15. The fourth-order valence-electron chi connectivity index (χ4n) is 2.66. The normalized spacial score (nSPS) is 11.2. The maximum atomic E-state index is 12.8. The number of para-hydroxylation sites is 1. The fourth-order valence-corrected chi connectivity index (χ4v) is 2.66. The molecule has 3 nitrogen and oxygen atoms in total. The second-order valence-corrected chi connectivity index (χ2v) is 5.84. The van der Waals surface area contributed by atoms with E-state index in [4.69, 9.17) is 4.74 Å². The zero-order valence-corrected chi connectivity index (χ0v) is 14.0. The molecule has 0 aliphatic rings. The second kappa shape index (κ2) is 7.53. The summed E-state index contributed by atoms with van der Waals surface area (Å²) in [5.41, 5.74) is 0.875. The van der Waals surface area contributed by atoms with Gasteiger partial charge in [0.15, 0.2) is 0 Å². The Balaban J connectivity index is 1.99. The molecule has 1 N–H and O–H groups in total. The summed E-state index contributed by atoms with van der Waals surface area (Å²) in [6, 6.07) is 18.3. The van der Waals surface area contributed by atoms with Gasteiger partial charge in [-0.05, 0) is 29.3 Å². The van der Waals surface area contributed by atoms with Crippen molar-refractivity contribution in [2.75, 3.05) is 0 Å². The van der Waals surface area contributed by atoms with Gasteiger partial charge in [0.05, 0.1) is 5.56 Å². The SMILES string of the molecule is O=C(O)c1cccc(-c2ccc(C(F)(F)F)cc2)c1OCc1ccccc1. The Bertz CT molecular complexity index is 933. The summed E-state index contributed by atoms with van der Waals surface area (Å²) in [7, 11) is 0. The number of alkyl halides is 3. The quantitative estimate of drug-likeness (QED) is 0.630. The molecule has 0 fully saturated rings. The lowest BCUT2D eigenvalue weighted by Crippen LogP contribution is -2.06. The highest BCUT2D eigenvalue weighted by molar-refractivity contribution is 5.94. The van der Waals surface area contributed by atoms with Gasteiger partial charge >= 0.3 is 12.1 Å². The average molecular weight is 372 g/mol.